The van der Waals surface area contributed by atoms with Crippen molar-refractivity contribution in [1.82, 2.24) is 4.72 Å². The van der Waals surface area contributed by atoms with E-state index in [1.165, 1.54) is 19.2 Å². The molecule has 1 aliphatic heterocycles. The van der Waals surface area contributed by atoms with Crippen LogP contribution in [-0.2, 0) is 14.8 Å². The van der Waals surface area contributed by atoms with Gasteiger partial charge in [0.15, 0.2) is 0 Å². The Morgan fingerprint density at radius 3 is 2.71 bits per heavy atom. The number of benzene rings is 1. The van der Waals surface area contributed by atoms with Crippen LogP contribution in [0.1, 0.15) is 23.7 Å². The summed E-state index contributed by atoms with van der Waals surface area (Å²) in [5.74, 6) is -1.14. The highest BCUT2D eigenvalue weighted by Gasteiger charge is 2.29. The van der Waals surface area contributed by atoms with Gasteiger partial charge in [0.05, 0.1) is 24.2 Å². The van der Waals surface area contributed by atoms with Crippen molar-refractivity contribution in [2.45, 2.75) is 30.4 Å². The van der Waals surface area contributed by atoms with Crippen LogP contribution >= 0.6 is 0 Å². The minimum atomic E-state index is -3.81. The van der Waals surface area contributed by atoms with Crippen molar-refractivity contribution in [2.75, 3.05) is 13.7 Å². The molecule has 8 heteroatoms. The molecular formula is C13H17NO6S. The fourth-order valence-electron chi connectivity index (χ4n) is 2.18. The molecule has 0 aliphatic carbocycles. The Balaban J connectivity index is 2.31. The van der Waals surface area contributed by atoms with E-state index >= 15 is 0 Å². The van der Waals surface area contributed by atoms with Crippen LogP contribution in [0.4, 0.5) is 0 Å². The molecule has 0 bridgehead atoms. The lowest BCUT2D eigenvalue weighted by Crippen LogP contribution is -2.39. The summed E-state index contributed by atoms with van der Waals surface area (Å²) in [5, 5.41) is 9.10. The summed E-state index contributed by atoms with van der Waals surface area (Å²) < 4.78 is 37.4. The van der Waals surface area contributed by atoms with Crippen molar-refractivity contribution in [3.05, 3.63) is 23.8 Å². The van der Waals surface area contributed by atoms with E-state index in [2.05, 4.69) is 4.72 Å². The Hall–Kier alpha value is -1.64. The van der Waals surface area contributed by atoms with Gasteiger partial charge in [0, 0.05) is 6.61 Å². The van der Waals surface area contributed by atoms with Gasteiger partial charge in [0.2, 0.25) is 10.0 Å². The summed E-state index contributed by atoms with van der Waals surface area (Å²) in [6.07, 6.45) is 0.375. The van der Waals surface area contributed by atoms with Crippen molar-refractivity contribution in [3.8, 4) is 5.75 Å². The number of carboxylic acids is 1. The Morgan fingerprint density at radius 1 is 1.48 bits per heavy atom. The summed E-state index contributed by atoms with van der Waals surface area (Å²) in [5.41, 5.74) is -0.198. The lowest BCUT2D eigenvalue weighted by Gasteiger charge is -2.16. The topological polar surface area (TPSA) is 102 Å². The van der Waals surface area contributed by atoms with Gasteiger partial charge in [-0.1, -0.05) is 0 Å². The number of methoxy groups -OCH3 is 1. The predicted molar refractivity (Wildman–Crippen MR) is 74.1 cm³/mol. The van der Waals surface area contributed by atoms with Gasteiger partial charge in [-0.05, 0) is 31.5 Å². The van der Waals surface area contributed by atoms with Gasteiger partial charge in [0.25, 0.3) is 0 Å². The molecule has 2 unspecified atom stereocenters. The second-order valence-electron chi connectivity index (χ2n) is 4.76. The number of ether oxygens (including phenoxy) is 2. The zero-order valence-electron chi connectivity index (χ0n) is 11.7. The second-order valence-corrected chi connectivity index (χ2v) is 6.47. The van der Waals surface area contributed by atoms with Crippen molar-refractivity contribution >= 4 is 16.0 Å². The molecule has 0 saturated carbocycles. The summed E-state index contributed by atoms with van der Waals surface area (Å²) in [7, 11) is -2.48. The molecule has 1 fully saturated rings. The largest absolute Gasteiger partial charge is 0.496 e. The zero-order valence-corrected chi connectivity index (χ0v) is 12.5. The van der Waals surface area contributed by atoms with Crippen LogP contribution in [0.15, 0.2) is 23.1 Å². The first-order valence-electron chi connectivity index (χ1n) is 6.40. The van der Waals surface area contributed by atoms with E-state index < -0.39 is 16.0 Å². The Morgan fingerprint density at radius 2 is 2.19 bits per heavy atom. The van der Waals surface area contributed by atoms with E-state index in [-0.39, 0.29) is 28.4 Å². The molecule has 7 nitrogen and oxygen atoms in total. The molecule has 0 spiro atoms. The standard InChI is InChI=1S/C13H17NO6S/c1-8-11(5-6-20-8)14-21(17,18)9-3-4-12(19-2)10(7-9)13(15)16/h3-4,7-8,11,14H,5-6H2,1-2H3,(H,15,16). The molecule has 1 heterocycles. The number of hydrogen-bond acceptors (Lipinski definition) is 5. The van der Waals surface area contributed by atoms with Crippen LogP contribution in [0.3, 0.4) is 0 Å². The zero-order chi connectivity index (χ0) is 15.6. The molecule has 0 radical (unpaired) electrons. The van der Waals surface area contributed by atoms with E-state index in [0.717, 1.165) is 6.07 Å². The Kier molecular flexibility index (Phi) is 4.50. The second kappa shape index (κ2) is 6.00. The number of hydrogen-bond donors (Lipinski definition) is 2. The number of nitrogens with one attached hydrogen (secondary N) is 1. The van der Waals surface area contributed by atoms with Crippen LogP contribution in [0, 0.1) is 0 Å². The molecule has 1 aromatic rings. The maximum absolute atomic E-state index is 12.3. The molecule has 1 saturated heterocycles. The average Bonchev–Trinajstić information content (AvgIpc) is 2.82. The van der Waals surface area contributed by atoms with E-state index in [1.807, 2.05) is 0 Å². The van der Waals surface area contributed by atoms with E-state index in [9.17, 15) is 13.2 Å². The van der Waals surface area contributed by atoms with E-state index in [0.29, 0.717) is 13.0 Å². The average molecular weight is 315 g/mol. The normalized spacial score (nSPS) is 22.2. The molecular weight excluding hydrogens is 298 g/mol. The summed E-state index contributed by atoms with van der Waals surface area (Å²) >= 11 is 0. The molecule has 1 aliphatic rings. The Bertz CT molecular complexity index is 642. The number of aromatic carboxylic acids is 1. The quantitative estimate of drug-likeness (QED) is 0.835. The number of carboxylic acid groups (broad SMARTS) is 1. The van der Waals surface area contributed by atoms with Gasteiger partial charge >= 0.3 is 5.97 Å². The van der Waals surface area contributed by atoms with Gasteiger partial charge in [-0.15, -0.1) is 0 Å². The lowest BCUT2D eigenvalue weighted by molar-refractivity contribution is 0.0693. The van der Waals surface area contributed by atoms with Gasteiger partial charge in [-0.25, -0.2) is 17.9 Å². The molecule has 2 atom stereocenters. The molecule has 116 valence electrons. The minimum absolute atomic E-state index is 0.110. The highest BCUT2D eigenvalue weighted by Crippen LogP contribution is 2.23. The monoisotopic (exact) mass is 315 g/mol. The van der Waals surface area contributed by atoms with Crippen LogP contribution < -0.4 is 9.46 Å². The van der Waals surface area contributed by atoms with Gasteiger partial charge in [-0.2, -0.15) is 0 Å². The molecule has 0 aromatic heterocycles. The molecule has 2 rings (SSSR count). The molecule has 1 aromatic carbocycles. The first-order chi connectivity index (χ1) is 9.85. The fourth-order valence-corrected chi connectivity index (χ4v) is 3.54. The van der Waals surface area contributed by atoms with Crippen LogP contribution in [0.5, 0.6) is 5.75 Å². The number of rotatable bonds is 5. The van der Waals surface area contributed by atoms with Crippen molar-refractivity contribution in [2.24, 2.45) is 0 Å². The predicted octanol–water partition coefficient (Wildman–Crippen LogP) is 0.849. The molecule has 0 amide bonds. The van der Waals surface area contributed by atoms with Crippen molar-refractivity contribution < 1.29 is 27.8 Å². The lowest BCUT2D eigenvalue weighted by atomic mass is 10.2. The number of carbonyl (C=O) groups is 1. The maximum Gasteiger partial charge on any atom is 0.339 e. The van der Waals surface area contributed by atoms with Gasteiger partial charge in [0.1, 0.15) is 11.3 Å². The maximum atomic E-state index is 12.3. The third-order valence-corrected chi connectivity index (χ3v) is 4.88. The van der Waals surface area contributed by atoms with E-state index in [1.54, 1.807) is 6.92 Å². The van der Waals surface area contributed by atoms with Crippen LogP contribution in [0.2, 0.25) is 0 Å². The van der Waals surface area contributed by atoms with Crippen LogP contribution in [-0.4, -0.2) is 45.4 Å². The highest BCUT2D eigenvalue weighted by molar-refractivity contribution is 7.89. The van der Waals surface area contributed by atoms with Crippen molar-refractivity contribution in [3.63, 3.8) is 0 Å². The third kappa shape index (κ3) is 3.34. The molecule has 2 N–H and O–H groups in total. The first-order valence-corrected chi connectivity index (χ1v) is 7.88. The van der Waals surface area contributed by atoms with Crippen LogP contribution in [0.25, 0.3) is 0 Å². The van der Waals surface area contributed by atoms with E-state index in [4.69, 9.17) is 14.6 Å². The number of sulfonamides is 1. The highest BCUT2D eigenvalue weighted by atomic mass is 32.2. The summed E-state index contributed by atoms with van der Waals surface area (Å²) in [6, 6.07) is 3.41. The van der Waals surface area contributed by atoms with Gasteiger partial charge < -0.3 is 14.6 Å². The minimum Gasteiger partial charge on any atom is -0.496 e. The summed E-state index contributed by atoms with van der Waals surface area (Å²) in [6.45, 7) is 2.29. The van der Waals surface area contributed by atoms with Gasteiger partial charge in [-0.3, -0.25) is 0 Å². The van der Waals surface area contributed by atoms with Crippen molar-refractivity contribution in [1.29, 1.82) is 0 Å². The SMILES string of the molecule is COc1ccc(S(=O)(=O)NC2CCOC2C)cc1C(=O)O. The first kappa shape index (κ1) is 15.7. The summed E-state index contributed by atoms with van der Waals surface area (Å²) in [4.78, 5) is 11.0. The third-order valence-electron chi connectivity index (χ3n) is 3.39. The smallest absolute Gasteiger partial charge is 0.339 e. The Labute approximate surface area is 122 Å². The fraction of sp³-hybridized carbons (Fsp3) is 0.462. The molecule has 21 heavy (non-hydrogen) atoms.